The summed E-state index contributed by atoms with van der Waals surface area (Å²) in [6, 6.07) is -0.787. The molecule has 1 unspecified atom stereocenters. The number of carbonyl (C=O) groups excluding carboxylic acids is 1. The lowest BCUT2D eigenvalue weighted by molar-refractivity contribution is -0.150. The van der Waals surface area contributed by atoms with E-state index in [0.717, 1.165) is 0 Å². The Balaban J connectivity index is 2.68. The van der Waals surface area contributed by atoms with Crippen LogP contribution in [-0.4, -0.2) is 47.6 Å². The third-order valence-corrected chi connectivity index (χ3v) is 2.10. The molecule has 0 aromatic heterocycles. The summed E-state index contributed by atoms with van der Waals surface area (Å²) < 4.78 is 0. The molecule has 1 heterocycles. The molecule has 5 heteroatoms. The van der Waals surface area contributed by atoms with Crippen LogP contribution >= 0.6 is 0 Å². The fourth-order valence-corrected chi connectivity index (χ4v) is 1.41. The van der Waals surface area contributed by atoms with Gasteiger partial charge in [0.05, 0.1) is 6.42 Å². The van der Waals surface area contributed by atoms with Gasteiger partial charge in [-0.25, -0.2) is 4.79 Å². The van der Waals surface area contributed by atoms with E-state index in [9.17, 15) is 9.59 Å². The van der Waals surface area contributed by atoms with Gasteiger partial charge in [0.1, 0.15) is 6.04 Å². The lowest BCUT2D eigenvalue weighted by Gasteiger charge is -2.33. The van der Waals surface area contributed by atoms with Gasteiger partial charge in [-0.3, -0.25) is 4.79 Å². The molecule has 0 aromatic carbocycles. The lowest BCUT2D eigenvalue weighted by Crippen LogP contribution is -2.56. The monoisotopic (exact) mass is 196 g/mol. The molecule has 1 rings (SSSR count). The number of piperazine rings is 1. The normalized spacial score (nSPS) is 21.4. The van der Waals surface area contributed by atoms with E-state index < -0.39 is 12.0 Å². The van der Waals surface area contributed by atoms with Crippen molar-refractivity contribution in [2.45, 2.75) is 12.5 Å². The summed E-state index contributed by atoms with van der Waals surface area (Å²) in [5.41, 5.74) is 0. The Morgan fingerprint density at radius 3 is 2.93 bits per heavy atom. The van der Waals surface area contributed by atoms with Crippen LogP contribution in [0.5, 0.6) is 0 Å². The van der Waals surface area contributed by atoms with E-state index in [2.05, 4.69) is 11.2 Å². The maximum atomic E-state index is 11.4. The van der Waals surface area contributed by atoms with E-state index >= 15 is 0 Å². The van der Waals surface area contributed by atoms with Gasteiger partial charge in [-0.05, 0) is 0 Å². The molecule has 0 bridgehead atoms. The number of amides is 1. The van der Waals surface area contributed by atoms with E-state index in [1.807, 2.05) is 0 Å². The average Bonchev–Trinajstić information content (AvgIpc) is 2.18. The summed E-state index contributed by atoms with van der Waals surface area (Å²) in [5.74, 6) is 0.932. The van der Waals surface area contributed by atoms with Crippen molar-refractivity contribution in [3.8, 4) is 12.3 Å². The third kappa shape index (κ3) is 2.24. The predicted molar refractivity (Wildman–Crippen MR) is 49.5 cm³/mol. The van der Waals surface area contributed by atoms with Crippen molar-refractivity contribution in [1.29, 1.82) is 0 Å². The van der Waals surface area contributed by atoms with Gasteiger partial charge in [0.2, 0.25) is 5.91 Å². The van der Waals surface area contributed by atoms with E-state index in [1.165, 1.54) is 4.90 Å². The number of rotatable bonds is 2. The number of carboxylic acids is 1. The highest BCUT2D eigenvalue weighted by molar-refractivity contribution is 5.85. The van der Waals surface area contributed by atoms with Crippen LogP contribution in [0.25, 0.3) is 0 Å². The maximum absolute atomic E-state index is 11.4. The van der Waals surface area contributed by atoms with Gasteiger partial charge in [0.25, 0.3) is 0 Å². The number of carbonyl (C=O) groups is 2. The number of hydrogen-bond donors (Lipinski definition) is 2. The second-order valence-electron chi connectivity index (χ2n) is 3.03. The van der Waals surface area contributed by atoms with Crippen LogP contribution in [0, 0.1) is 12.3 Å². The van der Waals surface area contributed by atoms with Gasteiger partial charge in [-0.2, -0.15) is 0 Å². The number of aliphatic carboxylic acids is 1. The summed E-state index contributed by atoms with van der Waals surface area (Å²) >= 11 is 0. The van der Waals surface area contributed by atoms with Crippen molar-refractivity contribution < 1.29 is 14.7 Å². The quantitative estimate of drug-likeness (QED) is 0.550. The summed E-state index contributed by atoms with van der Waals surface area (Å²) in [5, 5.41) is 11.8. The fraction of sp³-hybridized carbons (Fsp3) is 0.556. The Labute approximate surface area is 82.1 Å². The molecule has 5 nitrogen and oxygen atoms in total. The molecule has 1 fully saturated rings. The molecule has 1 aliphatic heterocycles. The second kappa shape index (κ2) is 4.63. The van der Waals surface area contributed by atoms with Crippen LogP contribution in [0.4, 0.5) is 0 Å². The van der Waals surface area contributed by atoms with Crippen LogP contribution in [0.2, 0.25) is 0 Å². The lowest BCUT2D eigenvalue weighted by atomic mass is 10.2. The molecule has 0 aliphatic carbocycles. The molecular weight excluding hydrogens is 184 g/mol. The average molecular weight is 196 g/mol. The highest BCUT2D eigenvalue weighted by atomic mass is 16.4. The summed E-state index contributed by atoms with van der Waals surface area (Å²) in [6.45, 7) is 1.29. The minimum Gasteiger partial charge on any atom is -0.480 e. The Morgan fingerprint density at radius 1 is 1.64 bits per heavy atom. The van der Waals surface area contributed by atoms with Gasteiger partial charge in [-0.1, -0.05) is 5.92 Å². The molecule has 0 saturated carbocycles. The van der Waals surface area contributed by atoms with Gasteiger partial charge < -0.3 is 15.3 Å². The number of nitrogens with one attached hydrogen (secondary N) is 1. The van der Waals surface area contributed by atoms with E-state index in [1.54, 1.807) is 0 Å². The molecular formula is C9H12N2O3. The third-order valence-electron chi connectivity index (χ3n) is 2.10. The first kappa shape index (κ1) is 10.5. The zero-order chi connectivity index (χ0) is 10.6. The van der Waals surface area contributed by atoms with Crippen LogP contribution in [-0.2, 0) is 9.59 Å². The largest absolute Gasteiger partial charge is 0.480 e. The first-order valence-electron chi connectivity index (χ1n) is 4.33. The first-order valence-corrected chi connectivity index (χ1v) is 4.33. The Bertz CT molecular complexity index is 282. The molecule has 0 spiro atoms. The molecule has 1 aliphatic rings. The van der Waals surface area contributed by atoms with Crippen molar-refractivity contribution in [2.24, 2.45) is 0 Å². The molecule has 1 atom stereocenters. The minimum absolute atomic E-state index is 0.0379. The zero-order valence-electron chi connectivity index (χ0n) is 7.69. The zero-order valence-corrected chi connectivity index (χ0v) is 7.69. The van der Waals surface area contributed by atoms with Gasteiger partial charge in [0, 0.05) is 19.6 Å². The number of hydrogen-bond acceptors (Lipinski definition) is 3. The first-order chi connectivity index (χ1) is 6.66. The van der Waals surface area contributed by atoms with Gasteiger partial charge in [0.15, 0.2) is 0 Å². The molecule has 2 N–H and O–H groups in total. The van der Waals surface area contributed by atoms with E-state index in [-0.39, 0.29) is 18.9 Å². The van der Waals surface area contributed by atoms with Gasteiger partial charge in [-0.15, -0.1) is 6.42 Å². The number of nitrogens with zero attached hydrogens (tertiary/aromatic N) is 1. The molecule has 14 heavy (non-hydrogen) atoms. The molecule has 0 aromatic rings. The second-order valence-corrected chi connectivity index (χ2v) is 3.03. The highest BCUT2D eigenvalue weighted by Gasteiger charge is 2.31. The molecule has 1 amide bonds. The smallest absolute Gasteiger partial charge is 0.327 e. The Kier molecular flexibility index (Phi) is 3.48. The van der Waals surface area contributed by atoms with Crippen molar-refractivity contribution in [3.05, 3.63) is 0 Å². The van der Waals surface area contributed by atoms with Crippen LogP contribution in [0.1, 0.15) is 6.42 Å². The van der Waals surface area contributed by atoms with Crippen LogP contribution in [0.15, 0.2) is 0 Å². The summed E-state index contributed by atoms with van der Waals surface area (Å²) in [4.78, 5) is 23.5. The number of terminal acetylenes is 1. The molecule has 1 saturated heterocycles. The Morgan fingerprint density at radius 2 is 2.36 bits per heavy atom. The predicted octanol–water partition coefficient (Wildman–Crippen LogP) is -1.11. The van der Waals surface area contributed by atoms with Crippen molar-refractivity contribution in [3.63, 3.8) is 0 Å². The summed E-state index contributed by atoms with van der Waals surface area (Å²) in [7, 11) is 0. The van der Waals surface area contributed by atoms with Crippen LogP contribution in [0.3, 0.4) is 0 Å². The maximum Gasteiger partial charge on any atom is 0.327 e. The number of carboxylic acid groups (broad SMARTS) is 1. The standard InChI is InChI=1S/C9H12N2O3/c1-2-3-8(12)11-5-4-10-6-7(11)9(13)14/h1,7,10H,3-6H2,(H,13,14). The van der Waals surface area contributed by atoms with Crippen molar-refractivity contribution >= 4 is 11.9 Å². The van der Waals surface area contributed by atoms with E-state index in [0.29, 0.717) is 13.1 Å². The van der Waals surface area contributed by atoms with Gasteiger partial charge >= 0.3 is 5.97 Å². The fourth-order valence-electron chi connectivity index (χ4n) is 1.41. The van der Waals surface area contributed by atoms with Crippen LogP contribution < -0.4 is 5.32 Å². The summed E-state index contributed by atoms with van der Waals surface area (Å²) in [6.07, 6.45) is 4.96. The highest BCUT2D eigenvalue weighted by Crippen LogP contribution is 2.05. The Hall–Kier alpha value is -1.54. The van der Waals surface area contributed by atoms with Crippen molar-refractivity contribution in [2.75, 3.05) is 19.6 Å². The molecule has 0 radical (unpaired) electrons. The topological polar surface area (TPSA) is 69.6 Å². The minimum atomic E-state index is -0.998. The molecule has 76 valence electrons. The van der Waals surface area contributed by atoms with E-state index in [4.69, 9.17) is 11.5 Å². The van der Waals surface area contributed by atoms with Crippen molar-refractivity contribution in [1.82, 2.24) is 10.2 Å². The SMILES string of the molecule is C#CCC(=O)N1CCNCC1C(=O)O.